The summed E-state index contributed by atoms with van der Waals surface area (Å²) >= 11 is 0. The molecule has 0 fully saturated rings. The van der Waals surface area contributed by atoms with Crippen molar-refractivity contribution in [3.63, 3.8) is 0 Å². The number of allylic oxidation sites excluding steroid dienone is 4. The number of nitriles is 1. The van der Waals surface area contributed by atoms with Crippen LogP contribution in [0.3, 0.4) is 0 Å². The monoisotopic (exact) mass is 149 g/mol. The molecule has 11 heavy (non-hydrogen) atoms. The van der Waals surface area contributed by atoms with Crippen molar-refractivity contribution < 1.29 is 0 Å². The van der Waals surface area contributed by atoms with E-state index in [2.05, 4.69) is 32.9 Å². The van der Waals surface area contributed by atoms with Gasteiger partial charge in [-0.2, -0.15) is 5.26 Å². The lowest BCUT2D eigenvalue weighted by Gasteiger charge is -1.93. The van der Waals surface area contributed by atoms with Gasteiger partial charge in [0.2, 0.25) is 0 Å². The molecule has 0 aromatic rings. The van der Waals surface area contributed by atoms with E-state index in [4.69, 9.17) is 5.26 Å². The summed E-state index contributed by atoms with van der Waals surface area (Å²) in [5.74, 6) is 0. The Labute approximate surface area is 69.0 Å². The molecule has 1 nitrogen and oxygen atoms in total. The van der Waals surface area contributed by atoms with Crippen LogP contribution in [0, 0.1) is 11.3 Å². The van der Waals surface area contributed by atoms with Crippen molar-refractivity contribution in [2.75, 3.05) is 0 Å². The molecule has 0 aromatic heterocycles. The second kappa shape index (κ2) is 5.73. The Balaban J connectivity index is 3.79. The first-order valence-corrected chi connectivity index (χ1v) is 3.82. The van der Waals surface area contributed by atoms with Crippen LogP contribution >= 0.6 is 0 Å². The molecule has 0 saturated carbocycles. The third-order valence-electron chi connectivity index (χ3n) is 1.37. The first-order chi connectivity index (χ1) is 5.16. The highest BCUT2D eigenvalue weighted by atomic mass is 14.2. The van der Waals surface area contributed by atoms with Crippen molar-refractivity contribution >= 4 is 0 Å². The molecule has 0 heterocycles. The molecule has 0 aliphatic rings. The largest absolute Gasteiger partial charge is 0.198 e. The molecule has 0 radical (unpaired) electrons. The van der Waals surface area contributed by atoms with Gasteiger partial charge < -0.3 is 0 Å². The van der Waals surface area contributed by atoms with E-state index < -0.39 is 0 Å². The highest BCUT2D eigenvalue weighted by Gasteiger charge is 1.84. The molecule has 0 amide bonds. The van der Waals surface area contributed by atoms with E-state index in [-0.39, 0.29) is 0 Å². The first-order valence-electron chi connectivity index (χ1n) is 3.82. The summed E-state index contributed by atoms with van der Waals surface area (Å²) in [6.45, 7) is 6.21. The lowest BCUT2D eigenvalue weighted by atomic mass is 10.1. The first kappa shape index (κ1) is 9.97. The lowest BCUT2D eigenvalue weighted by Crippen LogP contribution is -1.74. The van der Waals surface area contributed by atoms with Gasteiger partial charge in [-0.05, 0) is 27.2 Å². The highest BCUT2D eigenvalue weighted by Crippen LogP contribution is 2.04. The molecule has 0 saturated heterocycles. The van der Waals surface area contributed by atoms with E-state index in [0.717, 1.165) is 6.42 Å². The zero-order valence-electron chi connectivity index (χ0n) is 7.52. The minimum absolute atomic E-state index is 0.530. The normalized spacial score (nSPS) is 10.5. The fourth-order valence-corrected chi connectivity index (χ4v) is 0.668. The lowest BCUT2D eigenvalue weighted by molar-refractivity contribution is 1.14. The SMILES string of the molecule is CC(C)=CC/C(C)=C/CC#N. The predicted molar refractivity (Wildman–Crippen MR) is 48.0 cm³/mol. The Morgan fingerprint density at radius 2 is 1.91 bits per heavy atom. The van der Waals surface area contributed by atoms with Gasteiger partial charge in [0, 0.05) is 0 Å². The summed E-state index contributed by atoms with van der Waals surface area (Å²) in [5, 5.41) is 8.28. The Kier molecular flexibility index (Phi) is 5.20. The standard InChI is InChI=1S/C10H15N/c1-9(2)6-7-10(3)5-4-8-11/h5-6H,4,7H2,1-3H3/b10-5+. The van der Waals surface area contributed by atoms with Crippen LogP contribution in [0.5, 0.6) is 0 Å². The van der Waals surface area contributed by atoms with E-state index in [1.54, 1.807) is 0 Å². The quantitative estimate of drug-likeness (QED) is 0.565. The Hall–Kier alpha value is -1.03. The van der Waals surface area contributed by atoms with Gasteiger partial charge in [0.05, 0.1) is 12.5 Å². The maximum atomic E-state index is 8.28. The van der Waals surface area contributed by atoms with E-state index in [1.165, 1.54) is 11.1 Å². The van der Waals surface area contributed by atoms with E-state index in [0.29, 0.717) is 6.42 Å². The summed E-state index contributed by atoms with van der Waals surface area (Å²) in [4.78, 5) is 0. The van der Waals surface area contributed by atoms with Crippen molar-refractivity contribution in [3.05, 3.63) is 23.3 Å². The van der Waals surface area contributed by atoms with Crippen LogP contribution in [0.15, 0.2) is 23.3 Å². The fourth-order valence-electron chi connectivity index (χ4n) is 0.668. The average Bonchev–Trinajstić information content (AvgIpc) is 1.97. The van der Waals surface area contributed by atoms with Crippen LogP contribution in [0.25, 0.3) is 0 Å². The molecule has 0 aliphatic heterocycles. The Bertz CT molecular complexity index is 199. The van der Waals surface area contributed by atoms with Gasteiger partial charge in [-0.1, -0.05) is 23.3 Å². The molecule has 0 bridgehead atoms. The van der Waals surface area contributed by atoms with Crippen molar-refractivity contribution in [2.45, 2.75) is 33.6 Å². The summed E-state index contributed by atoms with van der Waals surface area (Å²) in [5.41, 5.74) is 2.60. The Morgan fingerprint density at radius 1 is 1.27 bits per heavy atom. The Morgan fingerprint density at radius 3 is 2.36 bits per heavy atom. The molecule has 60 valence electrons. The van der Waals surface area contributed by atoms with Crippen LogP contribution in [-0.2, 0) is 0 Å². The molecular formula is C10H15N. The molecule has 0 atom stereocenters. The molecule has 0 rings (SSSR count). The maximum absolute atomic E-state index is 8.28. The van der Waals surface area contributed by atoms with Gasteiger partial charge >= 0.3 is 0 Å². The molecular weight excluding hydrogens is 134 g/mol. The van der Waals surface area contributed by atoms with Gasteiger partial charge in [0.15, 0.2) is 0 Å². The van der Waals surface area contributed by atoms with Crippen LogP contribution in [0.2, 0.25) is 0 Å². The number of nitrogens with zero attached hydrogens (tertiary/aromatic N) is 1. The summed E-state index contributed by atoms with van der Waals surface area (Å²) in [7, 11) is 0. The predicted octanol–water partition coefficient (Wildman–Crippen LogP) is 3.20. The molecule has 0 spiro atoms. The molecule has 0 aromatic carbocycles. The van der Waals surface area contributed by atoms with Crippen molar-refractivity contribution in [1.82, 2.24) is 0 Å². The second-order valence-electron chi connectivity index (χ2n) is 2.90. The zero-order chi connectivity index (χ0) is 8.69. The van der Waals surface area contributed by atoms with Gasteiger partial charge in [-0.15, -0.1) is 0 Å². The molecule has 0 aliphatic carbocycles. The van der Waals surface area contributed by atoms with E-state index >= 15 is 0 Å². The molecule has 0 unspecified atom stereocenters. The van der Waals surface area contributed by atoms with Crippen LogP contribution in [-0.4, -0.2) is 0 Å². The third-order valence-corrected chi connectivity index (χ3v) is 1.37. The fraction of sp³-hybridized carbons (Fsp3) is 0.500. The van der Waals surface area contributed by atoms with Gasteiger partial charge in [0.1, 0.15) is 0 Å². The molecule has 0 N–H and O–H groups in total. The minimum Gasteiger partial charge on any atom is -0.198 e. The van der Waals surface area contributed by atoms with Crippen molar-refractivity contribution in [1.29, 1.82) is 5.26 Å². The van der Waals surface area contributed by atoms with Crippen LogP contribution in [0.4, 0.5) is 0 Å². The zero-order valence-corrected chi connectivity index (χ0v) is 7.52. The topological polar surface area (TPSA) is 23.8 Å². The number of rotatable bonds is 3. The smallest absolute Gasteiger partial charge is 0.0663 e. The number of hydrogen-bond acceptors (Lipinski definition) is 1. The molecule has 1 heteroatoms. The third kappa shape index (κ3) is 6.86. The minimum atomic E-state index is 0.530. The summed E-state index contributed by atoms with van der Waals surface area (Å²) in [6, 6.07) is 2.09. The summed E-state index contributed by atoms with van der Waals surface area (Å²) < 4.78 is 0. The maximum Gasteiger partial charge on any atom is 0.0663 e. The van der Waals surface area contributed by atoms with E-state index in [1.807, 2.05) is 6.08 Å². The van der Waals surface area contributed by atoms with Crippen molar-refractivity contribution in [3.8, 4) is 6.07 Å². The average molecular weight is 149 g/mol. The number of hydrogen-bond donors (Lipinski definition) is 0. The second-order valence-corrected chi connectivity index (χ2v) is 2.90. The van der Waals surface area contributed by atoms with Crippen LogP contribution < -0.4 is 0 Å². The summed E-state index contributed by atoms with van der Waals surface area (Å²) in [6.07, 6.45) is 5.65. The van der Waals surface area contributed by atoms with Gasteiger partial charge in [-0.3, -0.25) is 0 Å². The van der Waals surface area contributed by atoms with Gasteiger partial charge in [-0.25, -0.2) is 0 Å². The van der Waals surface area contributed by atoms with Crippen LogP contribution in [0.1, 0.15) is 33.6 Å². The highest BCUT2D eigenvalue weighted by molar-refractivity contribution is 5.09. The van der Waals surface area contributed by atoms with Gasteiger partial charge in [0.25, 0.3) is 0 Å². The van der Waals surface area contributed by atoms with Crippen molar-refractivity contribution in [2.24, 2.45) is 0 Å². The van der Waals surface area contributed by atoms with E-state index in [9.17, 15) is 0 Å².